The Morgan fingerprint density at radius 2 is 2.37 bits per heavy atom. The van der Waals surface area contributed by atoms with E-state index in [1.807, 2.05) is 12.4 Å². The highest BCUT2D eigenvalue weighted by atomic mass is 16.5. The van der Waals surface area contributed by atoms with Crippen molar-refractivity contribution < 1.29 is 4.74 Å². The summed E-state index contributed by atoms with van der Waals surface area (Å²) in [4.78, 5) is 4.44. The first-order valence-electron chi connectivity index (χ1n) is 7.51. The molecule has 0 spiro atoms. The molecule has 4 heteroatoms. The summed E-state index contributed by atoms with van der Waals surface area (Å²) in [5.74, 6) is 1.19. The largest absolute Gasteiger partial charge is 0.378 e. The quantitative estimate of drug-likeness (QED) is 0.852. The number of hydrogen-bond acceptors (Lipinski definition) is 3. The average Bonchev–Trinajstić information content (AvgIpc) is 3.04. The van der Waals surface area contributed by atoms with Gasteiger partial charge in [0.1, 0.15) is 5.82 Å². The van der Waals surface area contributed by atoms with Gasteiger partial charge in [-0.25, -0.2) is 4.98 Å². The fraction of sp³-hybridized carbons (Fsp3) is 0.800. The summed E-state index contributed by atoms with van der Waals surface area (Å²) in [5.41, 5.74) is 0.300. The van der Waals surface area contributed by atoms with Crippen LogP contribution in [0.15, 0.2) is 12.4 Å². The first-order chi connectivity index (χ1) is 9.20. The van der Waals surface area contributed by atoms with Gasteiger partial charge in [0.2, 0.25) is 0 Å². The number of ether oxygens (including phenoxy) is 1. The minimum absolute atomic E-state index is 0.300. The monoisotopic (exact) mass is 263 g/mol. The van der Waals surface area contributed by atoms with Crippen LogP contribution in [0, 0.1) is 5.41 Å². The van der Waals surface area contributed by atoms with Gasteiger partial charge >= 0.3 is 0 Å². The molecule has 106 valence electrons. The minimum Gasteiger partial charge on any atom is -0.378 e. The molecule has 19 heavy (non-hydrogen) atoms. The normalized spacial score (nSPS) is 30.9. The number of aromatic nitrogens is 2. The molecule has 2 fully saturated rings. The first-order valence-corrected chi connectivity index (χ1v) is 7.51. The van der Waals surface area contributed by atoms with Gasteiger partial charge in [0.05, 0.1) is 6.10 Å². The van der Waals surface area contributed by atoms with Crippen molar-refractivity contribution in [1.82, 2.24) is 14.9 Å². The lowest BCUT2D eigenvalue weighted by Gasteiger charge is -2.32. The van der Waals surface area contributed by atoms with Crippen molar-refractivity contribution in [3.63, 3.8) is 0 Å². The van der Waals surface area contributed by atoms with Gasteiger partial charge in [-0.1, -0.05) is 0 Å². The number of aryl methyl sites for hydroxylation is 2. The molecule has 1 saturated heterocycles. The Labute approximate surface area is 115 Å². The molecule has 4 nitrogen and oxygen atoms in total. The molecular formula is C15H25N3O. The Hall–Kier alpha value is -0.870. The standard InChI is InChI=1S/C15H25N3O/c1-12-15(7-10-19-12,11-17-13-3-4-13)6-5-14-16-8-9-18(14)2/h8-9,12-13,17H,3-7,10-11H2,1-2H3. The highest BCUT2D eigenvalue weighted by Crippen LogP contribution is 2.39. The number of imidazole rings is 1. The number of rotatable bonds is 6. The van der Waals surface area contributed by atoms with Gasteiger partial charge in [-0.15, -0.1) is 0 Å². The maximum atomic E-state index is 5.85. The van der Waals surface area contributed by atoms with E-state index in [1.165, 1.54) is 31.5 Å². The third-order valence-corrected chi connectivity index (χ3v) is 4.92. The van der Waals surface area contributed by atoms with E-state index in [0.29, 0.717) is 11.5 Å². The molecule has 2 unspecified atom stereocenters. The zero-order chi connectivity index (χ0) is 13.3. The zero-order valence-electron chi connectivity index (χ0n) is 12.1. The Morgan fingerprint density at radius 3 is 2.95 bits per heavy atom. The van der Waals surface area contributed by atoms with Crippen molar-refractivity contribution in [1.29, 1.82) is 0 Å². The van der Waals surface area contributed by atoms with Crippen LogP contribution in [-0.2, 0) is 18.2 Å². The molecule has 0 bridgehead atoms. The molecule has 2 atom stereocenters. The molecule has 3 rings (SSSR count). The first kappa shape index (κ1) is 13.1. The van der Waals surface area contributed by atoms with Crippen LogP contribution in [0.4, 0.5) is 0 Å². The van der Waals surface area contributed by atoms with Crippen LogP contribution in [0.5, 0.6) is 0 Å². The van der Waals surface area contributed by atoms with E-state index < -0.39 is 0 Å². The van der Waals surface area contributed by atoms with Gasteiger partial charge in [0.25, 0.3) is 0 Å². The lowest BCUT2D eigenvalue weighted by Crippen LogP contribution is -2.40. The molecule has 1 aromatic rings. The van der Waals surface area contributed by atoms with Gasteiger partial charge < -0.3 is 14.6 Å². The highest BCUT2D eigenvalue weighted by molar-refractivity contribution is 4.98. The summed E-state index contributed by atoms with van der Waals surface area (Å²) in [6.45, 7) is 4.25. The molecule has 2 heterocycles. The fourth-order valence-electron chi connectivity index (χ4n) is 3.10. The lowest BCUT2D eigenvalue weighted by atomic mass is 9.77. The van der Waals surface area contributed by atoms with Gasteiger partial charge in [-0.05, 0) is 32.6 Å². The van der Waals surface area contributed by atoms with Crippen LogP contribution in [0.2, 0.25) is 0 Å². The van der Waals surface area contributed by atoms with E-state index in [1.54, 1.807) is 0 Å². The summed E-state index contributed by atoms with van der Waals surface area (Å²) in [5, 5.41) is 3.71. The third-order valence-electron chi connectivity index (χ3n) is 4.92. The second-order valence-corrected chi connectivity index (χ2v) is 6.23. The van der Waals surface area contributed by atoms with E-state index in [-0.39, 0.29) is 0 Å². The number of nitrogens with one attached hydrogen (secondary N) is 1. The van der Waals surface area contributed by atoms with Crippen molar-refractivity contribution >= 4 is 0 Å². The minimum atomic E-state index is 0.300. The topological polar surface area (TPSA) is 39.1 Å². The molecule has 0 amide bonds. The van der Waals surface area contributed by atoms with Crippen LogP contribution in [-0.4, -0.2) is 34.8 Å². The Balaban J connectivity index is 1.63. The van der Waals surface area contributed by atoms with Crippen LogP contribution in [0.25, 0.3) is 0 Å². The summed E-state index contributed by atoms with van der Waals surface area (Å²) < 4.78 is 7.98. The average molecular weight is 263 g/mol. The van der Waals surface area contributed by atoms with Gasteiger partial charge in [-0.2, -0.15) is 0 Å². The number of nitrogens with zero attached hydrogens (tertiary/aromatic N) is 2. The molecule has 0 aromatic carbocycles. The molecule has 1 saturated carbocycles. The van der Waals surface area contributed by atoms with E-state index in [0.717, 1.165) is 25.6 Å². The van der Waals surface area contributed by atoms with Crippen LogP contribution in [0.1, 0.15) is 38.4 Å². The van der Waals surface area contributed by atoms with Crippen molar-refractivity contribution in [2.75, 3.05) is 13.2 Å². The SMILES string of the molecule is CC1OCCC1(CCc1nccn1C)CNC1CC1. The second kappa shape index (κ2) is 5.25. The van der Waals surface area contributed by atoms with Gasteiger partial charge in [0, 0.05) is 50.5 Å². The molecule has 1 N–H and O–H groups in total. The Morgan fingerprint density at radius 1 is 1.53 bits per heavy atom. The molecular weight excluding hydrogens is 238 g/mol. The van der Waals surface area contributed by atoms with E-state index in [4.69, 9.17) is 4.74 Å². The predicted octanol–water partition coefficient (Wildman–Crippen LogP) is 1.90. The summed E-state index contributed by atoms with van der Waals surface area (Å²) in [7, 11) is 2.08. The second-order valence-electron chi connectivity index (χ2n) is 6.23. The van der Waals surface area contributed by atoms with Crippen LogP contribution >= 0.6 is 0 Å². The van der Waals surface area contributed by atoms with Crippen molar-refractivity contribution in [2.45, 2.75) is 51.2 Å². The van der Waals surface area contributed by atoms with Crippen molar-refractivity contribution in [3.05, 3.63) is 18.2 Å². The van der Waals surface area contributed by atoms with Crippen LogP contribution < -0.4 is 5.32 Å². The van der Waals surface area contributed by atoms with E-state index in [9.17, 15) is 0 Å². The molecule has 1 aliphatic heterocycles. The van der Waals surface area contributed by atoms with Gasteiger partial charge in [0.15, 0.2) is 0 Å². The molecule has 2 aliphatic rings. The van der Waals surface area contributed by atoms with E-state index >= 15 is 0 Å². The predicted molar refractivity (Wildman–Crippen MR) is 75.0 cm³/mol. The van der Waals surface area contributed by atoms with Crippen molar-refractivity contribution in [3.8, 4) is 0 Å². The molecule has 0 radical (unpaired) electrons. The van der Waals surface area contributed by atoms with Crippen molar-refractivity contribution in [2.24, 2.45) is 12.5 Å². The fourth-order valence-corrected chi connectivity index (χ4v) is 3.10. The Bertz CT molecular complexity index is 427. The van der Waals surface area contributed by atoms with E-state index in [2.05, 4.69) is 28.8 Å². The number of hydrogen-bond donors (Lipinski definition) is 1. The maximum absolute atomic E-state index is 5.85. The highest BCUT2D eigenvalue weighted by Gasteiger charge is 2.42. The third kappa shape index (κ3) is 2.84. The molecule has 1 aromatic heterocycles. The smallest absolute Gasteiger partial charge is 0.108 e. The summed E-state index contributed by atoms with van der Waals surface area (Å²) >= 11 is 0. The summed E-state index contributed by atoms with van der Waals surface area (Å²) in [6, 6.07) is 0.776. The maximum Gasteiger partial charge on any atom is 0.108 e. The zero-order valence-corrected chi connectivity index (χ0v) is 12.1. The van der Waals surface area contributed by atoms with Gasteiger partial charge in [-0.3, -0.25) is 0 Å². The Kier molecular flexibility index (Phi) is 3.63. The summed E-state index contributed by atoms with van der Waals surface area (Å²) in [6.07, 6.45) is 10.4. The lowest BCUT2D eigenvalue weighted by molar-refractivity contribution is 0.0581. The van der Waals surface area contributed by atoms with Crippen LogP contribution in [0.3, 0.4) is 0 Å². The molecule has 1 aliphatic carbocycles.